The van der Waals surface area contributed by atoms with Crippen LogP contribution in [0.25, 0.3) is 0 Å². The van der Waals surface area contributed by atoms with Crippen molar-refractivity contribution in [1.82, 2.24) is 10.2 Å². The van der Waals surface area contributed by atoms with Gasteiger partial charge in [0.2, 0.25) is 5.91 Å². The van der Waals surface area contributed by atoms with Gasteiger partial charge in [-0.1, -0.05) is 64.4 Å². The summed E-state index contributed by atoms with van der Waals surface area (Å²) in [5.41, 5.74) is 0.843. The second-order valence-corrected chi connectivity index (χ2v) is 8.13. The Kier molecular flexibility index (Phi) is 11.0. The first kappa shape index (κ1) is 26.4. The molecule has 0 aliphatic rings. The van der Waals surface area contributed by atoms with Crippen LogP contribution in [-0.2, 0) is 25.7 Å². The molecule has 2 amide bonds. The van der Waals surface area contributed by atoms with Gasteiger partial charge in [-0.05, 0) is 17.4 Å². The van der Waals surface area contributed by atoms with Crippen molar-refractivity contribution in [2.24, 2.45) is 11.8 Å². The van der Waals surface area contributed by atoms with Crippen LogP contribution in [0.15, 0.2) is 30.3 Å². The van der Waals surface area contributed by atoms with Crippen molar-refractivity contribution >= 4 is 18.0 Å². The molecule has 8 heteroatoms. The van der Waals surface area contributed by atoms with Crippen molar-refractivity contribution in [2.75, 3.05) is 14.2 Å². The molecule has 0 aliphatic carbocycles. The Hall–Kier alpha value is -2.61. The highest BCUT2D eigenvalue weighted by Crippen LogP contribution is 2.23. The number of carbonyl (C=O) groups is 3. The third-order valence-electron chi connectivity index (χ3n) is 5.50. The molecule has 0 fully saturated rings. The maximum atomic E-state index is 13.3. The van der Waals surface area contributed by atoms with Gasteiger partial charge >= 0.3 is 12.1 Å². The summed E-state index contributed by atoms with van der Waals surface area (Å²) in [5.74, 6) is -1.51. The Bertz CT molecular complexity index is 709. The Morgan fingerprint density at radius 2 is 1.74 bits per heavy atom. The van der Waals surface area contributed by atoms with Crippen LogP contribution in [0.1, 0.15) is 46.1 Å². The number of likely N-dealkylation sites (N-methyl/N-ethyl adjacent to an activating group) is 1. The lowest BCUT2D eigenvalue weighted by atomic mass is 9.90. The van der Waals surface area contributed by atoms with Gasteiger partial charge in [-0.15, -0.1) is 0 Å². The molecule has 0 radical (unpaired) electrons. The van der Waals surface area contributed by atoms with Gasteiger partial charge in [-0.2, -0.15) is 0 Å². The third-order valence-corrected chi connectivity index (χ3v) is 5.50. The number of carboxylic acids is 1. The molecule has 0 spiro atoms. The van der Waals surface area contributed by atoms with Crippen molar-refractivity contribution in [3.63, 3.8) is 0 Å². The summed E-state index contributed by atoms with van der Waals surface area (Å²) >= 11 is 0. The van der Waals surface area contributed by atoms with Gasteiger partial charge in [-0.3, -0.25) is 9.59 Å². The highest BCUT2D eigenvalue weighted by molar-refractivity contribution is 5.86. The van der Waals surface area contributed by atoms with E-state index in [2.05, 4.69) is 5.32 Å². The second-order valence-electron chi connectivity index (χ2n) is 8.13. The van der Waals surface area contributed by atoms with Crippen molar-refractivity contribution in [2.45, 2.75) is 65.3 Å². The number of amides is 2. The zero-order valence-corrected chi connectivity index (χ0v) is 19.3. The van der Waals surface area contributed by atoms with Gasteiger partial charge in [-0.25, -0.2) is 4.79 Å². The van der Waals surface area contributed by atoms with Gasteiger partial charge < -0.3 is 24.8 Å². The average molecular weight is 437 g/mol. The zero-order valence-electron chi connectivity index (χ0n) is 19.3. The summed E-state index contributed by atoms with van der Waals surface area (Å²) in [6, 6.07) is 7.99. The summed E-state index contributed by atoms with van der Waals surface area (Å²) in [6.45, 7) is 7.69. The molecule has 31 heavy (non-hydrogen) atoms. The molecule has 0 heterocycles. The fraction of sp³-hybridized carbons (Fsp3) is 0.609. The molecule has 1 aromatic rings. The molecule has 1 aromatic carbocycles. The van der Waals surface area contributed by atoms with Crippen LogP contribution in [0, 0.1) is 11.8 Å². The molecule has 174 valence electrons. The zero-order chi connectivity index (χ0) is 23.6. The van der Waals surface area contributed by atoms with Gasteiger partial charge in [0.1, 0.15) is 12.6 Å². The van der Waals surface area contributed by atoms with Crippen molar-refractivity contribution in [3.8, 4) is 0 Å². The summed E-state index contributed by atoms with van der Waals surface area (Å²) in [6.07, 6.45) is -0.833. The number of nitrogens with one attached hydrogen (secondary N) is 1. The predicted molar refractivity (Wildman–Crippen MR) is 117 cm³/mol. The second kappa shape index (κ2) is 12.9. The Morgan fingerprint density at radius 3 is 2.23 bits per heavy atom. The third kappa shape index (κ3) is 8.20. The molecule has 0 aliphatic heterocycles. The Labute approximate surface area is 184 Å². The van der Waals surface area contributed by atoms with Crippen LogP contribution in [0.4, 0.5) is 4.79 Å². The number of aliphatic carboxylic acids is 1. The molecule has 1 rings (SSSR count). The fourth-order valence-electron chi connectivity index (χ4n) is 3.53. The van der Waals surface area contributed by atoms with Crippen LogP contribution in [0.2, 0.25) is 0 Å². The first-order valence-electron chi connectivity index (χ1n) is 10.6. The number of hydrogen-bond donors (Lipinski definition) is 2. The van der Waals surface area contributed by atoms with Crippen LogP contribution >= 0.6 is 0 Å². The van der Waals surface area contributed by atoms with Crippen LogP contribution in [0.5, 0.6) is 0 Å². The van der Waals surface area contributed by atoms with E-state index in [0.29, 0.717) is 0 Å². The summed E-state index contributed by atoms with van der Waals surface area (Å²) < 4.78 is 10.7. The van der Waals surface area contributed by atoms with Crippen LogP contribution in [0.3, 0.4) is 0 Å². The van der Waals surface area contributed by atoms with Gasteiger partial charge in [0.05, 0.1) is 18.6 Å². The van der Waals surface area contributed by atoms with E-state index in [4.69, 9.17) is 9.47 Å². The molecular weight excluding hydrogens is 400 g/mol. The number of alkyl carbamates (subject to hydrolysis) is 1. The summed E-state index contributed by atoms with van der Waals surface area (Å²) in [7, 11) is 3.07. The molecule has 0 bridgehead atoms. The van der Waals surface area contributed by atoms with E-state index in [-0.39, 0.29) is 30.8 Å². The maximum absolute atomic E-state index is 13.3. The lowest BCUT2D eigenvalue weighted by Crippen LogP contribution is -2.57. The quantitative estimate of drug-likeness (QED) is 0.521. The highest BCUT2D eigenvalue weighted by atomic mass is 16.5. The number of carbonyl (C=O) groups excluding carboxylic acids is 2. The minimum absolute atomic E-state index is 0.00362. The standard InChI is InChI=1S/C23H36N2O6/c1-7-16(4)21(18(30-6)13-19(26)27)25(5)22(28)20(15(2)3)24-23(29)31-14-17-11-9-8-10-12-17/h8-12,15-16,18,20-21H,7,13-14H2,1-6H3,(H,24,29)(H,26,27)/t16-,18+,20+,21-/m0/s1. The molecule has 0 saturated heterocycles. The number of carboxylic acid groups (broad SMARTS) is 1. The number of ether oxygens (including phenoxy) is 2. The monoisotopic (exact) mass is 436 g/mol. The number of nitrogens with zero attached hydrogens (tertiary/aromatic N) is 1. The topological polar surface area (TPSA) is 105 Å². The van der Waals surface area contributed by atoms with E-state index in [1.165, 1.54) is 12.0 Å². The first-order chi connectivity index (χ1) is 14.6. The van der Waals surface area contributed by atoms with E-state index < -0.39 is 30.3 Å². The smallest absolute Gasteiger partial charge is 0.408 e. The normalized spacial score (nSPS) is 14.9. The Balaban J connectivity index is 2.94. The molecule has 4 atom stereocenters. The van der Waals surface area contributed by atoms with E-state index >= 15 is 0 Å². The maximum Gasteiger partial charge on any atom is 0.408 e. The Morgan fingerprint density at radius 1 is 1.13 bits per heavy atom. The van der Waals surface area contributed by atoms with Crippen LogP contribution < -0.4 is 5.32 Å². The number of methoxy groups -OCH3 is 1. The minimum Gasteiger partial charge on any atom is -0.481 e. The molecule has 2 N–H and O–H groups in total. The van der Waals surface area contributed by atoms with Gasteiger partial charge in [0.15, 0.2) is 0 Å². The van der Waals surface area contributed by atoms with Crippen molar-refractivity contribution < 1.29 is 29.0 Å². The first-order valence-corrected chi connectivity index (χ1v) is 10.6. The van der Waals surface area contributed by atoms with E-state index in [1.54, 1.807) is 7.05 Å². The predicted octanol–water partition coefficient (Wildman–Crippen LogP) is 3.30. The summed E-state index contributed by atoms with van der Waals surface area (Å²) in [5, 5.41) is 11.9. The van der Waals surface area contributed by atoms with Crippen LogP contribution in [-0.4, -0.2) is 60.3 Å². The molecule has 0 saturated carbocycles. The SMILES string of the molecule is CC[C@H](C)[C@@H]([C@@H](CC(=O)O)OC)N(C)C(=O)[C@H](NC(=O)OCc1ccccc1)C(C)C. The molecular formula is C23H36N2O6. The lowest BCUT2D eigenvalue weighted by molar-refractivity contribution is -0.147. The van der Waals surface area contributed by atoms with E-state index in [9.17, 15) is 19.5 Å². The van der Waals surface area contributed by atoms with Gasteiger partial charge in [0.25, 0.3) is 0 Å². The minimum atomic E-state index is -0.996. The van der Waals surface area contributed by atoms with Crippen molar-refractivity contribution in [3.05, 3.63) is 35.9 Å². The molecule has 0 aromatic heterocycles. The average Bonchev–Trinajstić information content (AvgIpc) is 2.74. The highest BCUT2D eigenvalue weighted by Gasteiger charge is 2.37. The van der Waals surface area contributed by atoms with Crippen molar-refractivity contribution in [1.29, 1.82) is 0 Å². The number of benzene rings is 1. The van der Waals surface area contributed by atoms with E-state index in [0.717, 1.165) is 12.0 Å². The lowest BCUT2D eigenvalue weighted by Gasteiger charge is -2.39. The molecule has 0 unspecified atom stereocenters. The largest absolute Gasteiger partial charge is 0.481 e. The summed E-state index contributed by atoms with van der Waals surface area (Å²) in [4.78, 5) is 38.5. The fourth-order valence-corrected chi connectivity index (χ4v) is 3.53. The number of rotatable bonds is 12. The van der Waals surface area contributed by atoms with E-state index in [1.807, 2.05) is 58.0 Å². The molecule has 8 nitrogen and oxygen atoms in total. The van der Waals surface area contributed by atoms with Gasteiger partial charge in [0, 0.05) is 14.2 Å². The number of hydrogen-bond acceptors (Lipinski definition) is 5.